The molecular weight excluding hydrogens is 489 g/mol. The Labute approximate surface area is 208 Å². The van der Waals surface area contributed by atoms with Gasteiger partial charge in [0, 0.05) is 23.1 Å². The first-order valence-corrected chi connectivity index (χ1v) is 12.1. The molecule has 9 heteroatoms. The van der Waals surface area contributed by atoms with Crippen LogP contribution in [0.25, 0.3) is 32.5 Å². The van der Waals surface area contributed by atoms with E-state index in [0.29, 0.717) is 22.8 Å². The van der Waals surface area contributed by atoms with E-state index in [1.54, 1.807) is 6.07 Å². The van der Waals surface area contributed by atoms with Gasteiger partial charge in [-0.1, -0.05) is 41.6 Å². The lowest BCUT2D eigenvalue weighted by Crippen LogP contribution is -2.17. The van der Waals surface area contributed by atoms with Crippen molar-refractivity contribution in [1.82, 2.24) is 9.53 Å². The maximum absolute atomic E-state index is 13.0. The summed E-state index contributed by atoms with van der Waals surface area (Å²) in [6, 6.07) is 19.8. The lowest BCUT2D eigenvalue weighted by atomic mass is 10.0. The van der Waals surface area contributed by atoms with E-state index in [2.05, 4.69) is 26.4 Å². The molecule has 0 spiro atoms. The Hall–Kier alpha value is -3.85. The molecule has 1 saturated carbocycles. The van der Waals surface area contributed by atoms with Gasteiger partial charge in [0.2, 0.25) is 0 Å². The number of hydrogen-bond donors (Lipinski definition) is 0. The second kappa shape index (κ2) is 8.98. The van der Waals surface area contributed by atoms with Gasteiger partial charge in [0.15, 0.2) is 0 Å². The molecular formula is C27H19F3N2O3S. The molecule has 1 fully saturated rings. The quantitative estimate of drug-likeness (QED) is 0.223. The SMILES string of the molecule is FC(F)(F)Oc1ccccc1-c1noc(C2CC2)c1COc1ccc(-c2ccc3cnsc3c2)cc1. The van der Waals surface area contributed by atoms with Crippen molar-refractivity contribution in [3.63, 3.8) is 0 Å². The molecule has 3 aromatic carbocycles. The van der Waals surface area contributed by atoms with Crippen molar-refractivity contribution in [2.45, 2.75) is 31.7 Å². The molecule has 5 nitrogen and oxygen atoms in total. The van der Waals surface area contributed by atoms with Gasteiger partial charge in [0.25, 0.3) is 0 Å². The minimum absolute atomic E-state index is 0.108. The predicted octanol–water partition coefficient (Wildman–Crippen LogP) is 7.97. The normalized spacial score (nSPS) is 13.8. The van der Waals surface area contributed by atoms with Crippen molar-refractivity contribution < 1.29 is 27.2 Å². The number of benzene rings is 3. The second-order valence-corrected chi connectivity index (χ2v) is 9.42. The van der Waals surface area contributed by atoms with E-state index in [-0.39, 0.29) is 23.8 Å². The number of halogens is 3. The third-order valence-corrected chi connectivity index (χ3v) is 6.82. The first-order chi connectivity index (χ1) is 17.4. The smallest absolute Gasteiger partial charge is 0.489 e. The van der Waals surface area contributed by atoms with E-state index in [1.807, 2.05) is 36.5 Å². The van der Waals surface area contributed by atoms with Crippen LogP contribution in [0, 0.1) is 0 Å². The Balaban J connectivity index is 1.25. The number of ether oxygens (including phenoxy) is 2. The Morgan fingerprint density at radius 1 is 0.972 bits per heavy atom. The third-order valence-electron chi connectivity index (χ3n) is 6.06. The Kier molecular flexibility index (Phi) is 5.64. The van der Waals surface area contributed by atoms with Crippen LogP contribution in [0.15, 0.2) is 77.4 Å². The molecule has 36 heavy (non-hydrogen) atoms. The molecule has 0 unspecified atom stereocenters. The van der Waals surface area contributed by atoms with Crippen LogP contribution in [-0.2, 0) is 6.61 Å². The fraction of sp³-hybridized carbons (Fsp3) is 0.185. The second-order valence-electron chi connectivity index (χ2n) is 8.58. The minimum Gasteiger partial charge on any atom is -0.489 e. The molecule has 0 aliphatic heterocycles. The zero-order valence-corrected chi connectivity index (χ0v) is 19.6. The molecule has 0 bridgehead atoms. The van der Waals surface area contributed by atoms with E-state index >= 15 is 0 Å². The standard InChI is InChI=1S/C27H19F3N2O3S/c28-27(29,30)34-23-4-2-1-3-21(23)25-22(26(35-32-25)17-5-6-17)15-33-20-11-9-16(10-12-20)18-7-8-19-14-31-36-24(19)13-18/h1-4,7-14,17H,5-6,15H2. The molecule has 0 amide bonds. The highest BCUT2D eigenvalue weighted by atomic mass is 32.1. The topological polar surface area (TPSA) is 57.4 Å². The van der Waals surface area contributed by atoms with E-state index in [4.69, 9.17) is 9.26 Å². The average molecular weight is 509 g/mol. The molecule has 2 aromatic heterocycles. The van der Waals surface area contributed by atoms with Gasteiger partial charge in [-0.15, -0.1) is 13.2 Å². The van der Waals surface area contributed by atoms with Crippen LogP contribution in [0.1, 0.15) is 30.1 Å². The van der Waals surface area contributed by atoms with Crippen LogP contribution >= 0.6 is 11.5 Å². The lowest BCUT2D eigenvalue weighted by Gasteiger charge is -2.13. The van der Waals surface area contributed by atoms with Gasteiger partial charge >= 0.3 is 6.36 Å². The maximum Gasteiger partial charge on any atom is 0.573 e. The summed E-state index contributed by atoms with van der Waals surface area (Å²) in [5.41, 5.74) is 3.26. The Morgan fingerprint density at radius 2 is 1.75 bits per heavy atom. The highest BCUT2D eigenvalue weighted by Crippen LogP contribution is 2.45. The minimum atomic E-state index is -4.82. The molecule has 1 aliphatic rings. The van der Waals surface area contributed by atoms with E-state index in [9.17, 15) is 13.2 Å². The average Bonchev–Trinajstić information content (AvgIpc) is 3.44. The van der Waals surface area contributed by atoms with Crippen molar-refractivity contribution in [1.29, 1.82) is 0 Å². The zero-order valence-electron chi connectivity index (χ0n) is 18.8. The zero-order chi connectivity index (χ0) is 24.7. The van der Waals surface area contributed by atoms with Crippen LogP contribution in [0.2, 0.25) is 0 Å². The van der Waals surface area contributed by atoms with Crippen LogP contribution < -0.4 is 9.47 Å². The number of para-hydroxylation sites is 1. The summed E-state index contributed by atoms with van der Waals surface area (Å²) >= 11 is 1.46. The highest BCUT2D eigenvalue weighted by Gasteiger charge is 2.35. The Morgan fingerprint density at radius 3 is 2.53 bits per heavy atom. The molecule has 2 heterocycles. The number of nitrogens with zero attached hydrogens (tertiary/aromatic N) is 2. The third kappa shape index (κ3) is 4.66. The van der Waals surface area contributed by atoms with Crippen molar-refractivity contribution >= 4 is 21.6 Å². The van der Waals surface area contributed by atoms with Gasteiger partial charge in [-0.25, -0.2) is 0 Å². The first kappa shape index (κ1) is 22.6. The van der Waals surface area contributed by atoms with Gasteiger partial charge < -0.3 is 14.0 Å². The number of hydrogen-bond acceptors (Lipinski definition) is 6. The maximum atomic E-state index is 13.0. The van der Waals surface area contributed by atoms with Gasteiger partial charge in [0.1, 0.15) is 29.6 Å². The first-order valence-electron chi connectivity index (χ1n) is 11.4. The van der Waals surface area contributed by atoms with Crippen LogP contribution in [0.5, 0.6) is 11.5 Å². The van der Waals surface area contributed by atoms with Crippen molar-refractivity contribution in [3.8, 4) is 33.9 Å². The van der Waals surface area contributed by atoms with E-state index in [1.165, 1.54) is 29.7 Å². The lowest BCUT2D eigenvalue weighted by molar-refractivity contribution is -0.274. The summed E-state index contributed by atoms with van der Waals surface area (Å²) in [6.07, 6.45) is -1.08. The number of rotatable bonds is 7. The van der Waals surface area contributed by atoms with Crippen molar-refractivity contribution in [3.05, 3.63) is 84.3 Å². The fourth-order valence-corrected chi connectivity index (χ4v) is 4.84. The predicted molar refractivity (Wildman–Crippen MR) is 130 cm³/mol. The summed E-state index contributed by atoms with van der Waals surface area (Å²) in [5.74, 6) is 1.15. The number of alkyl halides is 3. The summed E-state index contributed by atoms with van der Waals surface area (Å²) in [6.45, 7) is 0.108. The van der Waals surface area contributed by atoms with Crippen molar-refractivity contribution in [2.24, 2.45) is 0 Å². The van der Waals surface area contributed by atoms with Crippen molar-refractivity contribution in [2.75, 3.05) is 0 Å². The highest BCUT2D eigenvalue weighted by molar-refractivity contribution is 7.13. The summed E-state index contributed by atoms with van der Waals surface area (Å²) < 4.78 is 60.1. The fourth-order valence-electron chi connectivity index (χ4n) is 4.15. The molecule has 0 N–H and O–H groups in total. The molecule has 5 aromatic rings. The number of fused-ring (bicyclic) bond motifs is 1. The summed E-state index contributed by atoms with van der Waals surface area (Å²) in [4.78, 5) is 0. The van der Waals surface area contributed by atoms with Crippen LogP contribution in [-0.4, -0.2) is 15.9 Å². The van der Waals surface area contributed by atoms with Gasteiger partial charge in [-0.05, 0) is 65.8 Å². The molecule has 1 aliphatic carbocycles. The summed E-state index contributed by atoms with van der Waals surface area (Å²) in [5, 5.41) is 5.23. The molecule has 0 atom stereocenters. The summed E-state index contributed by atoms with van der Waals surface area (Å²) in [7, 11) is 0. The van der Waals surface area contributed by atoms with E-state index < -0.39 is 6.36 Å². The Bertz CT molecular complexity index is 1520. The largest absolute Gasteiger partial charge is 0.573 e. The van der Waals surface area contributed by atoms with E-state index in [0.717, 1.165) is 34.1 Å². The van der Waals surface area contributed by atoms with Gasteiger partial charge in [0.05, 0.1) is 10.3 Å². The molecule has 0 saturated heterocycles. The monoisotopic (exact) mass is 508 g/mol. The molecule has 182 valence electrons. The number of aromatic nitrogens is 2. The molecule has 0 radical (unpaired) electrons. The molecule has 6 rings (SSSR count). The van der Waals surface area contributed by atoms with Gasteiger partial charge in [-0.3, -0.25) is 0 Å². The van der Waals surface area contributed by atoms with Crippen LogP contribution in [0.4, 0.5) is 13.2 Å². The van der Waals surface area contributed by atoms with Gasteiger partial charge in [-0.2, -0.15) is 4.37 Å². The van der Waals surface area contributed by atoms with Crippen LogP contribution in [0.3, 0.4) is 0 Å².